The predicted octanol–water partition coefficient (Wildman–Crippen LogP) is 2.27. The van der Waals surface area contributed by atoms with Gasteiger partial charge in [-0.05, 0) is 30.7 Å². The van der Waals surface area contributed by atoms with Crippen LogP contribution in [-0.2, 0) is 11.2 Å². The van der Waals surface area contributed by atoms with Gasteiger partial charge in [-0.25, -0.2) is 4.98 Å². The zero-order valence-electron chi connectivity index (χ0n) is 13.2. The molecule has 3 N–H and O–H groups in total. The highest BCUT2D eigenvalue weighted by Crippen LogP contribution is 2.18. The molecule has 2 amide bonds. The number of thiazole rings is 1. The molecule has 0 aliphatic heterocycles. The van der Waals surface area contributed by atoms with E-state index in [1.807, 2.05) is 19.2 Å². The molecule has 0 spiro atoms. The molecule has 0 fully saturated rings. The molecule has 0 atom stereocenters. The van der Waals surface area contributed by atoms with Crippen molar-refractivity contribution in [1.29, 1.82) is 0 Å². The smallest absolute Gasteiger partial charge is 0.257 e. The van der Waals surface area contributed by atoms with Crippen molar-refractivity contribution < 1.29 is 9.59 Å². The van der Waals surface area contributed by atoms with Crippen molar-refractivity contribution in [3.05, 3.63) is 40.9 Å². The first kappa shape index (κ1) is 17.0. The van der Waals surface area contributed by atoms with Crippen LogP contribution in [0.25, 0.3) is 0 Å². The standard InChI is InChI=1S/C16H20N4O2S/c1-3-8-20(2)13-6-4-11(5-7-13)15(22)19-16-18-12(10-23-16)9-14(17)21/h4-7,10H,3,8-9H2,1-2H3,(H2,17,21)(H,18,19,22). The largest absolute Gasteiger partial charge is 0.375 e. The van der Waals surface area contributed by atoms with Crippen molar-refractivity contribution >= 4 is 34.0 Å². The van der Waals surface area contributed by atoms with Crippen molar-refractivity contribution in [2.24, 2.45) is 5.73 Å². The lowest BCUT2D eigenvalue weighted by Crippen LogP contribution is -2.18. The maximum absolute atomic E-state index is 12.2. The van der Waals surface area contributed by atoms with Gasteiger partial charge in [0, 0.05) is 30.2 Å². The Morgan fingerprint density at radius 1 is 1.30 bits per heavy atom. The molecule has 0 saturated carbocycles. The van der Waals surface area contributed by atoms with E-state index in [2.05, 4.69) is 22.1 Å². The summed E-state index contributed by atoms with van der Waals surface area (Å²) >= 11 is 1.27. The lowest BCUT2D eigenvalue weighted by Gasteiger charge is -2.18. The Hall–Kier alpha value is -2.41. The summed E-state index contributed by atoms with van der Waals surface area (Å²) in [7, 11) is 2.02. The van der Waals surface area contributed by atoms with Crippen LogP contribution in [0, 0.1) is 0 Å². The third-order valence-electron chi connectivity index (χ3n) is 3.26. The SMILES string of the molecule is CCCN(C)c1ccc(C(=O)Nc2nc(CC(N)=O)cs2)cc1. The number of anilines is 2. The Labute approximate surface area is 139 Å². The first-order chi connectivity index (χ1) is 11.0. The maximum Gasteiger partial charge on any atom is 0.257 e. The number of nitrogens with two attached hydrogens (primary N) is 1. The van der Waals surface area contributed by atoms with Crippen molar-refractivity contribution in [3.63, 3.8) is 0 Å². The zero-order valence-corrected chi connectivity index (χ0v) is 14.0. The van der Waals surface area contributed by atoms with Crippen molar-refractivity contribution in [1.82, 2.24) is 4.98 Å². The fraction of sp³-hybridized carbons (Fsp3) is 0.312. The van der Waals surface area contributed by atoms with Crippen LogP contribution in [0.3, 0.4) is 0 Å². The third-order valence-corrected chi connectivity index (χ3v) is 4.06. The van der Waals surface area contributed by atoms with Crippen molar-refractivity contribution in [2.45, 2.75) is 19.8 Å². The summed E-state index contributed by atoms with van der Waals surface area (Å²) < 4.78 is 0. The van der Waals surface area contributed by atoms with Gasteiger partial charge >= 0.3 is 0 Å². The average molecular weight is 332 g/mol. The number of nitrogens with zero attached hydrogens (tertiary/aromatic N) is 2. The van der Waals surface area contributed by atoms with E-state index in [9.17, 15) is 9.59 Å². The van der Waals surface area contributed by atoms with E-state index in [0.717, 1.165) is 18.7 Å². The summed E-state index contributed by atoms with van der Waals surface area (Å²) in [6, 6.07) is 7.42. The lowest BCUT2D eigenvalue weighted by molar-refractivity contribution is -0.117. The second kappa shape index (κ2) is 7.73. The van der Waals surface area contributed by atoms with Crippen LogP contribution in [0.2, 0.25) is 0 Å². The summed E-state index contributed by atoms with van der Waals surface area (Å²) in [5, 5.41) is 4.90. The van der Waals surface area contributed by atoms with Gasteiger partial charge in [-0.1, -0.05) is 6.92 Å². The molecule has 7 heteroatoms. The van der Waals surface area contributed by atoms with E-state index in [-0.39, 0.29) is 12.3 Å². The van der Waals surface area contributed by atoms with Gasteiger partial charge in [0.2, 0.25) is 5.91 Å². The van der Waals surface area contributed by atoms with Gasteiger partial charge < -0.3 is 10.6 Å². The molecule has 2 aromatic rings. The van der Waals surface area contributed by atoms with E-state index < -0.39 is 5.91 Å². The molecule has 23 heavy (non-hydrogen) atoms. The average Bonchev–Trinajstić information content (AvgIpc) is 2.93. The molecule has 6 nitrogen and oxygen atoms in total. The van der Waals surface area contributed by atoms with Gasteiger partial charge in [0.05, 0.1) is 12.1 Å². The quantitative estimate of drug-likeness (QED) is 0.814. The topological polar surface area (TPSA) is 88.3 Å². The van der Waals surface area contributed by atoms with E-state index in [1.165, 1.54) is 11.3 Å². The van der Waals surface area contributed by atoms with Crippen LogP contribution < -0.4 is 16.0 Å². The number of nitrogens with one attached hydrogen (secondary N) is 1. The van der Waals surface area contributed by atoms with Crippen LogP contribution in [0.4, 0.5) is 10.8 Å². The summed E-state index contributed by atoms with van der Waals surface area (Å²) in [6.07, 6.45) is 1.14. The number of amides is 2. The van der Waals surface area contributed by atoms with Crippen molar-refractivity contribution in [2.75, 3.05) is 23.8 Å². The fourth-order valence-electron chi connectivity index (χ4n) is 2.13. The number of primary amides is 1. The van der Waals surface area contributed by atoms with Gasteiger partial charge in [-0.15, -0.1) is 11.3 Å². The zero-order chi connectivity index (χ0) is 16.8. The van der Waals surface area contributed by atoms with Gasteiger partial charge in [-0.2, -0.15) is 0 Å². The number of hydrogen-bond acceptors (Lipinski definition) is 5. The first-order valence-corrected chi connectivity index (χ1v) is 8.22. The van der Waals surface area contributed by atoms with Crippen LogP contribution in [-0.4, -0.2) is 30.4 Å². The Balaban J connectivity index is 2.00. The molecule has 2 rings (SSSR count). The number of benzene rings is 1. The van der Waals surface area contributed by atoms with Gasteiger partial charge in [0.25, 0.3) is 5.91 Å². The molecule has 0 unspecified atom stereocenters. The number of rotatable bonds is 7. The molecule has 0 radical (unpaired) electrons. The van der Waals surface area contributed by atoms with Crippen LogP contribution in [0.15, 0.2) is 29.6 Å². The van der Waals surface area contributed by atoms with Crippen LogP contribution >= 0.6 is 11.3 Å². The predicted molar refractivity (Wildman–Crippen MR) is 93.0 cm³/mol. The second-order valence-corrected chi connectivity index (χ2v) is 6.07. The van der Waals surface area contributed by atoms with Crippen LogP contribution in [0.1, 0.15) is 29.4 Å². The molecule has 1 heterocycles. The Kier molecular flexibility index (Phi) is 5.70. The van der Waals surface area contributed by atoms with E-state index in [1.54, 1.807) is 17.5 Å². The summed E-state index contributed by atoms with van der Waals surface area (Å²) in [6.45, 7) is 3.09. The minimum atomic E-state index is -0.444. The van der Waals surface area contributed by atoms with Crippen LogP contribution in [0.5, 0.6) is 0 Å². The van der Waals surface area contributed by atoms with E-state index >= 15 is 0 Å². The molecule has 0 aliphatic carbocycles. The highest BCUT2D eigenvalue weighted by molar-refractivity contribution is 7.14. The number of carbonyl (C=O) groups excluding carboxylic acids is 2. The summed E-state index contributed by atoms with van der Waals surface area (Å²) in [4.78, 5) is 29.4. The first-order valence-electron chi connectivity index (χ1n) is 7.35. The third kappa shape index (κ3) is 4.79. The Morgan fingerprint density at radius 2 is 2.00 bits per heavy atom. The van der Waals surface area contributed by atoms with Crippen molar-refractivity contribution in [3.8, 4) is 0 Å². The molecule has 1 aromatic carbocycles. The summed E-state index contributed by atoms with van der Waals surface area (Å²) in [5.74, 6) is -0.672. The minimum absolute atomic E-state index is 0.0742. The van der Waals surface area contributed by atoms with E-state index in [4.69, 9.17) is 5.73 Å². The Bertz CT molecular complexity index is 682. The monoisotopic (exact) mass is 332 g/mol. The highest BCUT2D eigenvalue weighted by Gasteiger charge is 2.10. The molecule has 1 aromatic heterocycles. The molecule has 122 valence electrons. The molecule has 0 saturated heterocycles. The fourth-order valence-corrected chi connectivity index (χ4v) is 2.83. The molecular weight excluding hydrogens is 312 g/mol. The summed E-state index contributed by atoms with van der Waals surface area (Å²) in [5.41, 5.74) is 7.32. The number of carbonyl (C=O) groups is 2. The normalized spacial score (nSPS) is 10.3. The molecule has 0 bridgehead atoms. The number of aromatic nitrogens is 1. The maximum atomic E-state index is 12.2. The van der Waals surface area contributed by atoms with Gasteiger partial charge in [0.15, 0.2) is 5.13 Å². The minimum Gasteiger partial charge on any atom is -0.375 e. The number of hydrogen-bond donors (Lipinski definition) is 2. The van der Waals surface area contributed by atoms with Gasteiger partial charge in [-0.3, -0.25) is 14.9 Å². The van der Waals surface area contributed by atoms with E-state index in [0.29, 0.717) is 16.4 Å². The lowest BCUT2D eigenvalue weighted by atomic mass is 10.2. The molecule has 0 aliphatic rings. The van der Waals surface area contributed by atoms with Gasteiger partial charge in [0.1, 0.15) is 0 Å². The Morgan fingerprint density at radius 3 is 2.61 bits per heavy atom. The highest BCUT2D eigenvalue weighted by atomic mass is 32.1. The molecular formula is C16H20N4O2S. The second-order valence-electron chi connectivity index (χ2n) is 5.21.